The van der Waals surface area contributed by atoms with Crippen molar-refractivity contribution in [1.82, 2.24) is 15.5 Å². The predicted octanol–water partition coefficient (Wildman–Crippen LogP) is 3.45. The Hall–Kier alpha value is -2.09. The van der Waals surface area contributed by atoms with Gasteiger partial charge < -0.3 is 10.4 Å². The largest absolute Gasteiger partial charge is 0.465 e. The minimum absolute atomic E-state index is 0.0545. The summed E-state index contributed by atoms with van der Waals surface area (Å²) in [5, 5.41) is 15.7. The summed E-state index contributed by atoms with van der Waals surface area (Å²) >= 11 is 0. The molecule has 0 aromatic heterocycles. The van der Waals surface area contributed by atoms with Crippen molar-refractivity contribution in [2.24, 2.45) is 5.92 Å². The lowest BCUT2D eigenvalue weighted by molar-refractivity contribution is -0.848. The van der Waals surface area contributed by atoms with E-state index in [0.717, 1.165) is 49.8 Å². The van der Waals surface area contributed by atoms with Gasteiger partial charge >= 0.3 is 12.1 Å². The van der Waals surface area contributed by atoms with Crippen LogP contribution in [0.2, 0.25) is 0 Å². The van der Waals surface area contributed by atoms with Crippen LogP contribution in [-0.4, -0.2) is 50.8 Å². The van der Waals surface area contributed by atoms with Crippen LogP contribution in [0, 0.1) is 5.92 Å². The summed E-state index contributed by atoms with van der Waals surface area (Å²) in [5.41, 5.74) is -0.882. The molecular weight excluding hydrogens is 372 g/mol. The SMILES string of the molecule is CC1(C)NC2=C(C(=O)NC(=O)[N+]2(CC2CCCCC2)C2CCCCC2)N1C(=O)O. The van der Waals surface area contributed by atoms with E-state index in [1.807, 2.05) is 0 Å². The molecule has 3 N–H and O–H groups in total. The lowest BCUT2D eigenvalue weighted by atomic mass is 9.85. The van der Waals surface area contributed by atoms with Gasteiger partial charge in [0.25, 0.3) is 5.91 Å². The third-order valence-corrected chi connectivity index (χ3v) is 7.29. The molecule has 8 heteroatoms. The molecule has 0 saturated heterocycles. The van der Waals surface area contributed by atoms with Gasteiger partial charge in [-0.3, -0.25) is 4.79 Å². The Kier molecular flexibility index (Phi) is 5.09. The number of carbonyl (C=O) groups excluding carboxylic acids is 2. The molecule has 4 amide bonds. The van der Waals surface area contributed by atoms with Gasteiger partial charge in [-0.25, -0.2) is 19.8 Å². The molecule has 2 heterocycles. The second-order valence-electron chi connectivity index (χ2n) is 9.61. The number of nitrogens with zero attached hydrogens (tertiary/aromatic N) is 2. The van der Waals surface area contributed by atoms with Gasteiger partial charge in [-0.05, 0) is 39.5 Å². The monoisotopic (exact) mass is 405 g/mol. The summed E-state index contributed by atoms with van der Waals surface area (Å²) in [6, 6.07) is -0.220. The van der Waals surface area contributed by atoms with Gasteiger partial charge in [0.1, 0.15) is 11.7 Å². The minimum Gasteiger partial charge on any atom is -0.465 e. The Bertz CT molecular complexity index is 750. The highest BCUT2D eigenvalue weighted by molar-refractivity contribution is 6.06. The Morgan fingerprint density at radius 1 is 1.07 bits per heavy atom. The van der Waals surface area contributed by atoms with Gasteiger partial charge in [-0.1, -0.05) is 25.7 Å². The number of hydrogen-bond donors (Lipinski definition) is 3. The Morgan fingerprint density at radius 2 is 1.66 bits per heavy atom. The summed E-state index contributed by atoms with van der Waals surface area (Å²) in [5.74, 6) is 0.296. The normalized spacial score (nSPS) is 30.8. The van der Waals surface area contributed by atoms with Crippen molar-refractivity contribution in [2.45, 2.75) is 89.8 Å². The molecule has 0 aromatic rings. The van der Waals surface area contributed by atoms with E-state index in [9.17, 15) is 19.5 Å². The van der Waals surface area contributed by atoms with Crippen molar-refractivity contribution in [3.63, 3.8) is 0 Å². The zero-order valence-corrected chi connectivity index (χ0v) is 17.5. The smallest absolute Gasteiger partial charge is 0.430 e. The van der Waals surface area contributed by atoms with Crippen molar-refractivity contribution in [2.75, 3.05) is 6.54 Å². The predicted molar refractivity (Wildman–Crippen MR) is 106 cm³/mol. The zero-order valence-electron chi connectivity index (χ0n) is 17.5. The van der Waals surface area contributed by atoms with Gasteiger partial charge in [0.05, 0.1) is 6.54 Å². The number of hydrogen-bond acceptors (Lipinski definition) is 4. The van der Waals surface area contributed by atoms with E-state index >= 15 is 0 Å². The maximum atomic E-state index is 13.5. The number of carboxylic acid groups (broad SMARTS) is 1. The standard InChI is InChI=1S/C21H32N4O4/c1-21(2)23-17-16(24(21)20(28)29)18(26)22-19(27)25(17,15-11-7-4-8-12-15)13-14-9-5-3-6-10-14/h14-15H,3-13H2,1-2H3,(H2-,22,23,26,27,28,29)/p+1. The molecule has 1 atom stereocenters. The number of rotatable bonds is 3. The van der Waals surface area contributed by atoms with E-state index in [1.165, 1.54) is 19.3 Å². The van der Waals surface area contributed by atoms with E-state index in [4.69, 9.17) is 0 Å². The summed E-state index contributed by atoms with van der Waals surface area (Å²) < 4.78 is 0.0545. The first kappa shape index (κ1) is 20.2. The number of nitrogens with one attached hydrogen (secondary N) is 2. The molecule has 0 bridgehead atoms. The van der Waals surface area contributed by atoms with Gasteiger partial charge in [0.2, 0.25) is 5.82 Å². The summed E-state index contributed by atoms with van der Waals surface area (Å²) in [6.45, 7) is 4.12. The number of carbonyl (C=O) groups is 3. The average Bonchev–Trinajstić information content (AvgIpc) is 2.99. The first-order chi connectivity index (χ1) is 13.8. The third-order valence-electron chi connectivity index (χ3n) is 7.29. The lowest BCUT2D eigenvalue weighted by Crippen LogP contribution is -2.69. The summed E-state index contributed by atoms with van der Waals surface area (Å²) in [7, 11) is 0. The number of amides is 4. The lowest BCUT2D eigenvalue weighted by Gasteiger charge is -2.46. The maximum absolute atomic E-state index is 13.5. The molecule has 0 spiro atoms. The van der Waals surface area contributed by atoms with Crippen molar-refractivity contribution in [3.05, 3.63) is 11.5 Å². The maximum Gasteiger partial charge on any atom is 0.430 e. The second-order valence-corrected chi connectivity index (χ2v) is 9.61. The minimum atomic E-state index is -1.18. The molecule has 1 unspecified atom stereocenters. The van der Waals surface area contributed by atoms with Crippen molar-refractivity contribution in [3.8, 4) is 0 Å². The van der Waals surface area contributed by atoms with Crippen LogP contribution < -0.4 is 10.6 Å². The fourth-order valence-corrected chi connectivity index (χ4v) is 5.95. The van der Waals surface area contributed by atoms with E-state index in [2.05, 4.69) is 10.6 Å². The van der Waals surface area contributed by atoms with Crippen LogP contribution in [0.1, 0.15) is 78.1 Å². The van der Waals surface area contributed by atoms with Crippen LogP contribution in [0.25, 0.3) is 0 Å². The highest BCUT2D eigenvalue weighted by atomic mass is 16.4. The van der Waals surface area contributed by atoms with Gasteiger partial charge in [-0.2, -0.15) is 4.48 Å². The van der Waals surface area contributed by atoms with E-state index in [-0.39, 0.29) is 22.3 Å². The number of quaternary nitrogens is 1. The first-order valence-electron chi connectivity index (χ1n) is 11.1. The van der Waals surface area contributed by atoms with Crippen LogP contribution in [0.3, 0.4) is 0 Å². The highest BCUT2D eigenvalue weighted by Crippen LogP contribution is 2.43. The molecule has 2 aliphatic carbocycles. The Labute approximate surface area is 171 Å². The quantitative estimate of drug-likeness (QED) is 0.625. The fraction of sp³-hybridized carbons (Fsp3) is 0.762. The molecule has 2 aliphatic heterocycles. The number of urea groups is 1. The summed E-state index contributed by atoms with van der Waals surface area (Å²) in [4.78, 5) is 39.5. The zero-order chi connectivity index (χ0) is 20.8. The molecule has 2 fully saturated rings. The van der Waals surface area contributed by atoms with Crippen LogP contribution in [-0.2, 0) is 4.79 Å². The molecule has 0 radical (unpaired) electrons. The Morgan fingerprint density at radius 3 is 2.24 bits per heavy atom. The van der Waals surface area contributed by atoms with E-state index < -0.39 is 17.7 Å². The highest BCUT2D eigenvalue weighted by Gasteiger charge is 2.62. The van der Waals surface area contributed by atoms with Gasteiger partial charge in [0.15, 0.2) is 5.70 Å². The average molecular weight is 406 g/mol. The number of imide groups is 1. The van der Waals surface area contributed by atoms with Gasteiger partial charge in [0, 0.05) is 18.8 Å². The molecule has 2 saturated carbocycles. The van der Waals surface area contributed by atoms with Crippen LogP contribution >= 0.6 is 0 Å². The topological polar surface area (TPSA) is 98.7 Å². The van der Waals surface area contributed by atoms with Gasteiger partial charge in [-0.15, -0.1) is 0 Å². The molecule has 8 nitrogen and oxygen atoms in total. The van der Waals surface area contributed by atoms with E-state index in [1.54, 1.807) is 13.8 Å². The van der Waals surface area contributed by atoms with E-state index in [0.29, 0.717) is 18.3 Å². The first-order valence-corrected chi connectivity index (χ1v) is 11.1. The molecule has 4 aliphatic rings. The van der Waals surface area contributed by atoms with Crippen molar-refractivity contribution in [1.29, 1.82) is 0 Å². The van der Waals surface area contributed by atoms with Crippen molar-refractivity contribution >= 4 is 18.0 Å². The second kappa shape index (κ2) is 7.31. The molecule has 160 valence electrons. The van der Waals surface area contributed by atoms with Crippen molar-refractivity contribution < 1.29 is 24.0 Å². The van der Waals surface area contributed by atoms with Crippen LogP contribution in [0.4, 0.5) is 9.59 Å². The molecule has 0 aromatic carbocycles. The fourth-order valence-electron chi connectivity index (χ4n) is 5.95. The third kappa shape index (κ3) is 3.21. The van der Waals surface area contributed by atoms with Crippen LogP contribution in [0.5, 0.6) is 0 Å². The summed E-state index contributed by atoms with van der Waals surface area (Å²) in [6.07, 6.45) is 9.67. The molecule has 29 heavy (non-hydrogen) atoms. The van der Waals surface area contributed by atoms with Crippen LogP contribution in [0.15, 0.2) is 11.5 Å². The molecular formula is C21H33N4O4+. The Balaban J connectivity index is 1.85. The molecule has 4 rings (SSSR count).